The maximum atomic E-state index is 5.24. The van der Waals surface area contributed by atoms with Crippen molar-refractivity contribution in [1.29, 1.82) is 0 Å². The molecule has 0 N–H and O–H groups in total. The molecule has 1 heterocycles. The average molecular weight is 170 g/mol. The van der Waals surface area contributed by atoms with Gasteiger partial charge in [0.05, 0.1) is 0 Å². The van der Waals surface area contributed by atoms with Gasteiger partial charge in [0.15, 0.2) is 12.1 Å². The summed E-state index contributed by atoms with van der Waals surface area (Å²) in [5.41, 5.74) is 0. The summed E-state index contributed by atoms with van der Waals surface area (Å²) in [5, 5.41) is 3.97. The third-order valence-corrected chi connectivity index (χ3v) is 1.66. The molecular formula is C7H14N4O. The van der Waals surface area contributed by atoms with E-state index in [-0.39, 0.29) is 6.23 Å². The van der Waals surface area contributed by atoms with Crippen molar-refractivity contribution in [1.82, 2.24) is 19.7 Å². The monoisotopic (exact) mass is 170 g/mol. The topological polar surface area (TPSA) is 43.2 Å². The van der Waals surface area contributed by atoms with Gasteiger partial charge in [-0.15, -0.1) is 0 Å². The van der Waals surface area contributed by atoms with Crippen molar-refractivity contribution >= 4 is 0 Å². The summed E-state index contributed by atoms with van der Waals surface area (Å²) in [6.45, 7) is 0. The van der Waals surface area contributed by atoms with Gasteiger partial charge in [-0.2, -0.15) is 5.10 Å². The van der Waals surface area contributed by atoms with E-state index in [0.29, 0.717) is 0 Å². The molecule has 5 heteroatoms. The Morgan fingerprint density at radius 1 is 1.58 bits per heavy atom. The number of ether oxygens (including phenoxy) is 1. The Bertz CT molecular complexity index is 245. The van der Waals surface area contributed by atoms with E-state index >= 15 is 0 Å². The number of hydrogen-bond donors (Lipinski definition) is 0. The molecule has 1 aromatic heterocycles. The molecule has 0 radical (unpaired) electrons. The molecule has 68 valence electrons. The Labute approximate surface area is 72.0 Å². The van der Waals surface area contributed by atoms with Crippen LogP contribution in [-0.2, 0) is 11.8 Å². The Morgan fingerprint density at radius 2 is 2.25 bits per heavy atom. The summed E-state index contributed by atoms with van der Waals surface area (Å²) in [5.74, 6) is 0.808. The summed E-state index contributed by atoms with van der Waals surface area (Å²) >= 11 is 0. The first kappa shape index (κ1) is 9.15. The Hall–Kier alpha value is -0.940. The average Bonchev–Trinajstić information content (AvgIpc) is 2.38. The SMILES string of the molecule is COC(c1ncnn1C)N(C)C. The lowest BCUT2D eigenvalue weighted by Gasteiger charge is -2.21. The fourth-order valence-electron chi connectivity index (χ4n) is 1.08. The van der Waals surface area contributed by atoms with Crippen molar-refractivity contribution in [3.05, 3.63) is 12.2 Å². The van der Waals surface area contributed by atoms with Crippen molar-refractivity contribution < 1.29 is 4.74 Å². The van der Waals surface area contributed by atoms with Gasteiger partial charge in [-0.3, -0.25) is 4.90 Å². The second-order valence-corrected chi connectivity index (χ2v) is 2.79. The van der Waals surface area contributed by atoms with Crippen LogP contribution in [0.5, 0.6) is 0 Å². The van der Waals surface area contributed by atoms with E-state index in [1.807, 2.05) is 26.0 Å². The largest absolute Gasteiger partial charge is 0.359 e. The quantitative estimate of drug-likeness (QED) is 0.600. The summed E-state index contributed by atoms with van der Waals surface area (Å²) in [7, 11) is 7.36. The molecular weight excluding hydrogens is 156 g/mol. The fraction of sp³-hybridized carbons (Fsp3) is 0.714. The lowest BCUT2D eigenvalue weighted by atomic mass is 10.5. The van der Waals surface area contributed by atoms with Crippen LogP contribution in [0.2, 0.25) is 0 Å². The Balaban J connectivity index is 2.87. The molecule has 1 rings (SSSR count). The van der Waals surface area contributed by atoms with Gasteiger partial charge >= 0.3 is 0 Å². The van der Waals surface area contributed by atoms with Crippen molar-refractivity contribution in [2.24, 2.45) is 7.05 Å². The number of methoxy groups -OCH3 is 1. The van der Waals surface area contributed by atoms with Gasteiger partial charge in [0.25, 0.3) is 0 Å². The maximum Gasteiger partial charge on any atom is 0.171 e. The Morgan fingerprint density at radius 3 is 2.58 bits per heavy atom. The predicted octanol–water partition coefficient (Wildman–Crippen LogP) is 0.0217. The van der Waals surface area contributed by atoms with Gasteiger partial charge in [0, 0.05) is 14.2 Å². The van der Waals surface area contributed by atoms with Crippen LogP contribution in [0.4, 0.5) is 0 Å². The second-order valence-electron chi connectivity index (χ2n) is 2.79. The van der Waals surface area contributed by atoms with Gasteiger partial charge in [-0.1, -0.05) is 0 Å². The van der Waals surface area contributed by atoms with E-state index in [9.17, 15) is 0 Å². The molecule has 0 aliphatic carbocycles. The smallest absolute Gasteiger partial charge is 0.171 e. The van der Waals surface area contributed by atoms with E-state index in [2.05, 4.69) is 10.1 Å². The van der Waals surface area contributed by atoms with E-state index in [4.69, 9.17) is 4.74 Å². The molecule has 0 fully saturated rings. The first-order chi connectivity index (χ1) is 5.66. The molecule has 1 unspecified atom stereocenters. The minimum absolute atomic E-state index is 0.127. The van der Waals surface area contributed by atoms with Crippen LogP contribution in [0.15, 0.2) is 6.33 Å². The van der Waals surface area contributed by atoms with Gasteiger partial charge in [-0.05, 0) is 14.1 Å². The highest BCUT2D eigenvalue weighted by molar-refractivity contribution is 4.88. The van der Waals surface area contributed by atoms with E-state index in [1.165, 1.54) is 6.33 Å². The molecule has 1 aromatic rings. The molecule has 0 aliphatic heterocycles. The van der Waals surface area contributed by atoms with E-state index in [0.717, 1.165) is 5.82 Å². The van der Waals surface area contributed by atoms with Gasteiger partial charge in [-0.25, -0.2) is 9.67 Å². The molecule has 1 atom stereocenters. The maximum absolute atomic E-state index is 5.24. The molecule has 0 saturated heterocycles. The second kappa shape index (κ2) is 3.64. The van der Waals surface area contributed by atoms with Crippen LogP contribution in [0.25, 0.3) is 0 Å². The molecule has 0 aliphatic rings. The zero-order valence-corrected chi connectivity index (χ0v) is 7.85. The zero-order chi connectivity index (χ0) is 9.14. The summed E-state index contributed by atoms with van der Waals surface area (Å²) in [4.78, 5) is 6.03. The number of hydrogen-bond acceptors (Lipinski definition) is 4. The van der Waals surface area contributed by atoms with Gasteiger partial charge in [0.2, 0.25) is 0 Å². The number of aryl methyl sites for hydroxylation is 1. The lowest BCUT2D eigenvalue weighted by Crippen LogP contribution is -2.24. The van der Waals surface area contributed by atoms with Crippen molar-refractivity contribution in [3.8, 4) is 0 Å². The van der Waals surface area contributed by atoms with Gasteiger partial charge in [0.1, 0.15) is 6.33 Å². The van der Waals surface area contributed by atoms with Crippen molar-refractivity contribution in [3.63, 3.8) is 0 Å². The first-order valence-electron chi connectivity index (χ1n) is 3.70. The normalized spacial score (nSPS) is 13.8. The highest BCUT2D eigenvalue weighted by Gasteiger charge is 2.17. The predicted molar refractivity (Wildman–Crippen MR) is 44.4 cm³/mol. The molecule has 5 nitrogen and oxygen atoms in total. The molecule has 0 aromatic carbocycles. The standard InChI is InChI=1S/C7H14N4O/c1-10(2)7(12-4)6-8-5-9-11(6)3/h5,7H,1-4H3. The van der Waals surface area contributed by atoms with Crippen LogP contribution in [0.1, 0.15) is 12.1 Å². The summed E-state index contributed by atoms with van der Waals surface area (Å²) < 4.78 is 6.94. The number of aromatic nitrogens is 3. The third kappa shape index (κ3) is 1.62. The highest BCUT2D eigenvalue weighted by Crippen LogP contribution is 2.14. The minimum atomic E-state index is -0.127. The fourth-order valence-corrected chi connectivity index (χ4v) is 1.08. The third-order valence-electron chi connectivity index (χ3n) is 1.66. The van der Waals surface area contributed by atoms with Gasteiger partial charge < -0.3 is 4.74 Å². The number of nitrogens with zero attached hydrogens (tertiary/aromatic N) is 4. The highest BCUT2D eigenvalue weighted by atomic mass is 16.5. The molecule has 0 spiro atoms. The minimum Gasteiger partial charge on any atom is -0.359 e. The summed E-state index contributed by atoms with van der Waals surface area (Å²) in [6, 6.07) is 0. The van der Waals surface area contributed by atoms with Crippen LogP contribution in [0, 0.1) is 0 Å². The molecule has 0 amide bonds. The molecule has 12 heavy (non-hydrogen) atoms. The van der Waals surface area contributed by atoms with Crippen LogP contribution in [0.3, 0.4) is 0 Å². The van der Waals surface area contributed by atoms with Crippen molar-refractivity contribution in [2.45, 2.75) is 6.23 Å². The van der Waals surface area contributed by atoms with Crippen LogP contribution >= 0.6 is 0 Å². The van der Waals surface area contributed by atoms with E-state index < -0.39 is 0 Å². The molecule has 0 bridgehead atoms. The molecule has 0 saturated carbocycles. The lowest BCUT2D eigenvalue weighted by molar-refractivity contribution is -0.0144. The van der Waals surface area contributed by atoms with Crippen molar-refractivity contribution in [2.75, 3.05) is 21.2 Å². The van der Waals surface area contributed by atoms with Crippen LogP contribution in [-0.4, -0.2) is 40.9 Å². The summed E-state index contributed by atoms with van der Waals surface area (Å²) in [6.07, 6.45) is 1.39. The Kier molecular flexibility index (Phi) is 2.78. The number of rotatable bonds is 3. The van der Waals surface area contributed by atoms with E-state index in [1.54, 1.807) is 11.8 Å². The zero-order valence-electron chi connectivity index (χ0n) is 7.85. The van der Waals surface area contributed by atoms with Crippen LogP contribution < -0.4 is 0 Å². The first-order valence-corrected chi connectivity index (χ1v) is 3.70.